The molecule has 4 nitrogen and oxygen atoms in total. The molecule has 1 saturated heterocycles. The van der Waals surface area contributed by atoms with E-state index in [-0.39, 0.29) is 30.6 Å². The Morgan fingerprint density at radius 1 is 1.33 bits per heavy atom. The number of benzene rings is 1. The van der Waals surface area contributed by atoms with Gasteiger partial charge in [-0.15, -0.1) is 0 Å². The van der Waals surface area contributed by atoms with E-state index in [2.05, 4.69) is 0 Å². The number of Topliss-reactive ketones (excluding diaryl/α,β-unsaturated/α-hetero) is 1. The lowest BCUT2D eigenvalue weighted by molar-refractivity contribution is -0.118. The van der Waals surface area contributed by atoms with Crippen molar-refractivity contribution in [3.63, 3.8) is 0 Å². The second-order valence-electron chi connectivity index (χ2n) is 4.43. The highest BCUT2D eigenvalue weighted by molar-refractivity contribution is 5.87. The molecule has 96 valence electrons. The minimum Gasteiger partial charge on any atom is -0.326 e. The number of carbonyl (C=O) groups excluding carboxylic acids is 2. The highest BCUT2D eigenvalue weighted by Crippen LogP contribution is 2.10. The molecular formula is C13H15FN2O2. The van der Waals surface area contributed by atoms with Crippen LogP contribution in [0.1, 0.15) is 5.56 Å². The van der Waals surface area contributed by atoms with E-state index in [0.717, 1.165) is 0 Å². The normalized spacial score (nSPS) is 15.3. The van der Waals surface area contributed by atoms with Gasteiger partial charge in [0.05, 0.1) is 6.54 Å². The number of urea groups is 1. The largest absolute Gasteiger partial charge is 0.326 e. The molecule has 0 bridgehead atoms. The molecule has 0 atom stereocenters. The van der Waals surface area contributed by atoms with Crippen LogP contribution in [0.3, 0.4) is 0 Å². The van der Waals surface area contributed by atoms with Crippen LogP contribution in [-0.4, -0.2) is 48.3 Å². The van der Waals surface area contributed by atoms with Crippen LogP contribution in [0.5, 0.6) is 0 Å². The highest BCUT2D eigenvalue weighted by Gasteiger charge is 2.26. The van der Waals surface area contributed by atoms with Gasteiger partial charge >= 0.3 is 6.03 Å². The molecular weight excluding hydrogens is 235 g/mol. The number of rotatable bonds is 4. The van der Waals surface area contributed by atoms with Crippen LogP contribution in [0, 0.1) is 5.82 Å². The molecule has 0 aliphatic carbocycles. The molecule has 1 fully saturated rings. The van der Waals surface area contributed by atoms with Crippen molar-refractivity contribution in [2.75, 3.05) is 26.7 Å². The smallest absolute Gasteiger partial charge is 0.320 e. The monoisotopic (exact) mass is 250 g/mol. The number of carbonyl (C=O) groups is 2. The van der Waals surface area contributed by atoms with E-state index in [9.17, 15) is 14.0 Å². The molecule has 0 unspecified atom stereocenters. The summed E-state index contributed by atoms with van der Waals surface area (Å²) in [6, 6.07) is 6.06. The Hall–Kier alpha value is -1.91. The van der Waals surface area contributed by atoms with E-state index in [4.69, 9.17) is 0 Å². The first kappa shape index (κ1) is 12.5. The third-order valence-electron chi connectivity index (χ3n) is 3.02. The zero-order valence-corrected chi connectivity index (χ0v) is 10.2. The molecule has 2 rings (SSSR count). The quantitative estimate of drug-likeness (QED) is 0.808. The van der Waals surface area contributed by atoms with E-state index in [1.807, 2.05) is 0 Å². The molecule has 0 aromatic heterocycles. The maximum Gasteiger partial charge on any atom is 0.320 e. The molecule has 0 saturated carbocycles. The first-order chi connectivity index (χ1) is 8.58. The summed E-state index contributed by atoms with van der Waals surface area (Å²) >= 11 is 0. The Morgan fingerprint density at radius 2 is 2.06 bits per heavy atom. The van der Waals surface area contributed by atoms with Crippen LogP contribution in [0.2, 0.25) is 0 Å². The second kappa shape index (κ2) is 5.16. The molecule has 0 radical (unpaired) electrons. The third kappa shape index (κ3) is 2.67. The van der Waals surface area contributed by atoms with Gasteiger partial charge in [0.1, 0.15) is 5.82 Å². The SMILES string of the molecule is CN1CCN(CC(=O)Cc2ccccc2F)C1=O. The lowest BCUT2D eigenvalue weighted by Gasteiger charge is -2.14. The number of nitrogens with zero attached hydrogens (tertiary/aromatic N) is 2. The Morgan fingerprint density at radius 3 is 2.67 bits per heavy atom. The van der Waals surface area contributed by atoms with E-state index in [1.54, 1.807) is 30.1 Å². The van der Waals surface area contributed by atoms with E-state index in [0.29, 0.717) is 18.7 Å². The van der Waals surface area contributed by atoms with Gasteiger partial charge in [0.15, 0.2) is 5.78 Å². The molecule has 0 spiro atoms. The van der Waals surface area contributed by atoms with Crippen molar-refractivity contribution in [1.82, 2.24) is 9.80 Å². The fourth-order valence-electron chi connectivity index (χ4n) is 1.97. The average molecular weight is 250 g/mol. The molecule has 1 heterocycles. The van der Waals surface area contributed by atoms with Crippen LogP contribution in [0.25, 0.3) is 0 Å². The zero-order chi connectivity index (χ0) is 13.1. The average Bonchev–Trinajstić information content (AvgIpc) is 2.64. The topological polar surface area (TPSA) is 40.6 Å². The maximum atomic E-state index is 13.4. The van der Waals surface area contributed by atoms with Gasteiger partial charge in [-0.1, -0.05) is 18.2 Å². The minimum absolute atomic E-state index is 0.0279. The summed E-state index contributed by atoms with van der Waals surface area (Å²) < 4.78 is 13.4. The van der Waals surface area contributed by atoms with Gasteiger partial charge in [-0.2, -0.15) is 0 Å². The van der Waals surface area contributed by atoms with Crippen molar-refractivity contribution in [2.45, 2.75) is 6.42 Å². The molecule has 0 N–H and O–H groups in total. The summed E-state index contributed by atoms with van der Waals surface area (Å²) in [5.74, 6) is -0.528. The molecule has 1 aromatic carbocycles. The van der Waals surface area contributed by atoms with Crippen molar-refractivity contribution in [3.8, 4) is 0 Å². The highest BCUT2D eigenvalue weighted by atomic mass is 19.1. The summed E-state index contributed by atoms with van der Waals surface area (Å²) in [4.78, 5) is 26.4. The fraction of sp³-hybridized carbons (Fsp3) is 0.385. The van der Waals surface area contributed by atoms with Crippen molar-refractivity contribution >= 4 is 11.8 Å². The van der Waals surface area contributed by atoms with E-state index < -0.39 is 0 Å². The molecule has 1 aliphatic heterocycles. The Labute approximate surface area is 105 Å². The van der Waals surface area contributed by atoms with Gasteiger partial charge in [-0.25, -0.2) is 9.18 Å². The van der Waals surface area contributed by atoms with Crippen molar-refractivity contribution in [2.24, 2.45) is 0 Å². The lowest BCUT2D eigenvalue weighted by Crippen LogP contribution is -2.34. The van der Waals surface area contributed by atoms with E-state index in [1.165, 1.54) is 11.0 Å². The van der Waals surface area contributed by atoms with Crippen LogP contribution < -0.4 is 0 Å². The van der Waals surface area contributed by atoms with Crippen molar-refractivity contribution in [3.05, 3.63) is 35.6 Å². The predicted molar refractivity (Wildman–Crippen MR) is 64.7 cm³/mol. The molecule has 18 heavy (non-hydrogen) atoms. The predicted octanol–water partition coefficient (Wildman–Crippen LogP) is 1.30. The Kier molecular flexibility index (Phi) is 3.60. The minimum atomic E-state index is -0.379. The second-order valence-corrected chi connectivity index (χ2v) is 4.43. The lowest BCUT2D eigenvalue weighted by atomic mass is 10.1. The third-order valence-corrected chi connectivity index (χ3v) is 3.02. The van der Waals surface area contributed by atoms with Gasteiger partial charge in [-0.05, 0) is 11.6 Å². The molecule has 1 aliphatic rings. The number of hydrogen-bond donors (Lipinski definition) is 0. The van der Waals surface area contributed by atoms with Gasteiger partial charge in [0, 0.05) is 26.6 Å². The van der Waals surface area contributed by atoms with Crippen molar-refractivity contribution in [1.29, 1.82) is 0 Å². The van der Waals surface area contributed by atoms with Gasteiger partial charge in [0.2, 0.25) is 0 Å². The summed E-state index contributed by atoms with van der Waals surface area (Å²) in [5, 5.41) is 0. The number of hydrogen-bond acceptors (Lipinski definition) is 2. The standard InChI is InChI=1S/C13H15FN2O2/c1-15-6-7-16(13(15)18)9-11(17)8-10-4-2-3-5-12(10)14/h2-5H,6-9H2,1H3. The Bertz CT molecular complexity index is 476. The fourth-order valence-corrected chi connectivity index (χ4v) is 1.97. The van der Waals surface area contributed by atoms with Crippen molar-refractivity contribution < 1.29 is 14.0 Å². The summed E-state index contributed by atoms with van der Waals surface area (Å²) in [6.07, 6.45) is 0.0279. The molecule has 5 heteroatoms. The summed E-state index contributed by atoms with van der Waals surface area (Å²) in [7, 11) is 1.70. The number of likely N-dealkylation sites (N-methyl/N-ethyl adjacent to an activating group) is 1. The van der Waals surface area contributed by atoms with Crippen LogP contribution in [0.4, 0.5) is 9.18 Å². The molecule has 1 aromatic rings. The Balaban J connectivity index is 1.94. The number of halogens is 1. The van der Waals surface area contributed by atoms with Crippen LogP contribution >= 0.6 is 0 Å². The van der Waals surface area contributed by atoms with Crippen LogP contribution in [0.15, 0.2) is 24.3 Å². The number of ketones is 1. The summed E-state index contributed by atoms with van der Waals surface area (Å²) in [6.45, 7) is 1.24. The van der Waals surface area contributed by atoms with Gasteiger partial charge in [-0.3, -0.25) is 4.79 Å². The molecule has 2 amide bonds. The number of amides is 2. The summed E-state index contributed by atoms with van der Waals surface area (Å²) in [5.41, 5.74) is 0.377. The zero-order valence-electron chi connectivity index (χ0n) is 10.2. The van der Waals surface area contributed by atoms with Gasteiger partial charge in [0.25, 0.3) is 0 Å². The first-order valence-corrected chi connectivity index (χ1v) is 5.83. The first-order valence-electron chi connectivity index (χ1n) is 5.83. The van der Waals surface area contributed by atoms with E-state index >= 15 is 0 Å². The maximum absolute atomic E-state index is 13.4. The van der Waals surface area contributed by atoms with Crippen LogP contribution in [-0.2, 0) is 11.2 Å². The van der Waals surface area contributed by atoms with Gasteiger partial charge < -0.3 is 9.80 Å².